The molecular formula is C17H20N4O2S. The van der Waals surface area contributed by atoms with Crippen LogP contribution in [0.15, 0.2) is 35.5 Å². The fourth-order valence-electron chi connectivity index (χ4n) is 3.36. The number of rotatable bonds is 2. The van der Waals surface area contributed by atoms with Crippen molar-refractivity contribution in [1.82, 2.24) is 19.7 Å². The fraction of sp³-hybridized carbons (Fsp3) is 0.471. The van der Waals surface area contributed by atoms with Crippen LogP contribution in [0, 0.1) is 0 Å². The van der Waals surface area contributed by atoms with Gasteiger partial charge in [0.05, 0.1) is 0 Å². The minimum absolute atomic E-state index is 0.105. The van der Waals surface area contributed by atoms with Crippen molar-refractivity contribution in [3.8, 4) is 5.75 Å². The lowest BCUT2D eigenvalue weighted by Gasteiger charge is -2.35. The summed E-state index contributed by atoms with van der Waals surface area (Å²) in [4.78, 5) is 15.8. The SMILES string of the molecule is Cn1cnnc1C1CCN(C(=O)C2CSc3ccccc3O2)CC1. The zero-order chi connectivity index (χ0) is 16.5. The van der Waals surface area contributed by atoms with Gasteiger partial charge in [0.15, 0.2) is 6.10 Å². The highest BCUT2D eigenvalue weighted by Crippen LogP contribution is 2.36. The van der Waals surface area contributed by atoms with E-state index in [-0.39, 0.29) is 12.0 Å². The third kappa shape index (κ3) is 2.88. The summed E-state index contributed by atoms with van der Waals surface area (Å²) in [6, 6.07) is 7.91. The van der Waals surface area contributed by atoms with E-state index < -0.39 is 0 Å². The second-order valence-corrected chi connectivity index (χ2v) is 7.33. The molecule has 1 amide bonds. The molecule has 7 heteroatoms. The summed E-state index contributed by atoms with van der Waals surface area (Å²) in [5, 5.41) is 8.16. The van der Waals surface area contributed by atoms with Crippen molar-refractivity contribution in [2.45, 2.75) is 29.8 Å². The number of para-hydroxylation sites is 1. The molecule has 2 aromatic rings. The van der Waals surface area contributed by atoms with Crippen molar-refractivity contribution < 1.29 is 9.53 Å². The molecule has 0 radical (unpaired) electrons. The Balaban J connectivity index is 1.38. The Bertz CT molecular complexity index is 740. The molecule has 24 heavy (non-hydrogen) atoms. The van der Waals surface area contributed by atoms with Crippen LogP contribution in [-0.2, 0) is 11.8 Å². The van der Waals surface area contributed by atoms with Crippen LogP contribution in [-0.4, -0.2) is 50.5 Å². The zero-order valence-electron chi connectivity index (χ0n) is 13.6. The number of likely N-dealkylation sites (tertiary alicyclic amines) is 1. The zero-order valence-corrected chi connectivity index (χ0v) is 14.4. The second kappa shape index (κ2) is 6.47. The average molecular weight is 344 g/mol. The molecule has 3 heterocycles. The molecule has 1 atom stereocenters. The van der Waals surface area contributed by atoms with Gasteiger partial charge in [0.1, 0.15) is 17.9 Å². The van der Waals surface area contributed by atoms with E-state index in [0.717, 1.165) is 42.4 Å². The number of benzene rings is 1. The molecule has 0 aliphatic carbocycles. The molecule has 6 nitrogen and oxygen atoms in total. The molecule has 1 fully saturated rings. The third-order valence-electron chi connectivity index (χ3n) is 4.70. The number of nitrogens with zero attached hydrogens (tertiary/aromatic N) is 4. The molecule has 1 aromatic heterocycles. The molecule has 1 unspecified atom stereocenters. The van der Waals surface area contributed by atoms with Gasteiger partial charge in [-0.15, -0.1) is 22.0 Å². The fourth-order valence-corrected chi connectivity index (χ4v) is 4.34. The summed E-state index contributed by atoms with van der Waals surface area (Å²) in [5.41, 5.74) is 0. The average Bonchev–Trinajstić information content (AvgIpc) is 3.07. The van der Waals surface area contributed by atoms with E-state index in [1.165, 1.54) is 0 Å². The quantitative estimate of drug-likeness (QED) is 0.835. The van der Waals surface area contributed by atoms with Crippen LogP contribution in [0.4, 0.5) is 0 Å². The molecule has 4 rings (SSSR count). The highest BCUT2D eigenvalue weighted by atomic mass is 32.2. The number of thioether (sulfide) groups is 1. The molecule has 1 saturated heterocycles. The first-order valence-electron chi connectivity index (χ1n) is 8.23. The number of hydrogen-bond donors (Lipinski definition) is 0. The maximum absolute atomic E-state index is 12.8. The van der Waals surface area contributed by atoms with Gasteiger partial charge in [-0.25, -0.2) is 0 Å². The van der Waals surface area contributed by atoms with Gasteiger partial charge in [0, 0.05) is 36.7 Å². The van der Waals surface area contributed by atoms with Crippen molar-refractivity contribution >= 4 is 17.7 Å². The highest BCUT2D eigenvalue weighted by Gasteiger charge is 2.33. The van der Waals surface area contributed by atoms with E-state index in [9.17, 15) is 4.79 Å². The minimum atomic E-state index is -0.378. The lowest BCUT2D eigenvalue weighted by atomic mass is 9.95. The number of piperidine rings is 1. The summed E-state index contributed by atoms with van der Waals surface area (Å²) in [7, 11) is 1.97. The molecule has 0 bridgehead atoms. The maximum Gasteiger partial charge on any atom is 0.264 e. The highest BCUT2D eigenvalue weighted by molar-refractivity contribution is 7.99. The van der Waals surface area contributed by atoms with E-state index in [1.807, 2.05) is 40.8 Å². The van der Waals surface area contributed by atoms with Crippen LogP contribution >= 0.6 is 11.8 Å². The van der Waals surface area contributed by atoms with Gasteiger partial charge in [-0.2, -0.15) is 0 Å². The van der Waals surface area contributed by atoms with Crippen LogP contribution < -0.4 is 4.74 Å². The molecule has 0 saturated carbocycles. The summed E-state index contributed by atoms with van der Waals surface area (Å²) in [6.45, 7) is 1.51. The van der Waals surface area contributed by atoms with Crippen molar-refractivity contribution in [1.29, 1.82) is 0 Å². The van der Waals surface area contributed by atoms with Crippen molar-refractivity contribution in [3.05, 3.63) is 36.4 Å². The minimum Gasteiger partial charge on any atom is -0.479 e. The number of carbonyl (C=O) groups is 1. The number of aromatic nitrogens is 3. The van der Waals surface area contributed by atoms with Gasteiger partial charge in [-0.05, 0) is 25.0 Å². The largest absolute Gasteiger partial charge is 0.479 e. The Hall–Kier alpha value is -2.02. The Morgan fingerprint density at radius 1 is 1.29 bits per heavy atom. The number of carbonyl (C=O) groups excluding carboxylic acids is 1. The van der Waals surface area contributed by atoms with E-state index in [1.54, 1.807) is 18.1 Å². The Labute approximate surface area is 145 Å². The lowest BCUT2D eigenvalue weighted by Crippen LogP contribution is -2.47. The molecular weight excluding hydrogens is 324 g/mol. The normalized spacial score (nSPS) is 21.2. The van der Waals surface area contributed by atoms with Crippen molar-refractivity contribution in [3.63, 3.8) is 0 Å². The summed E-state index contributed by atoms with van der Waals surface area (Å²) in [5.74, 6) is 3.00. The van der Waals surface area contributed by atoms with Gasteiger partial charge in [-0.1, -0.05) is 12.1 Å². The van der Waals surface area contributed by atoms with Crippen molar-refractivity contribution in [2.24, 2.45) is 7.05 Å². The smallest absolute Gasteiger partial charge is 0.264 e. The van der Waals surface area contributed by atoms with Crippen LogP contribution in [0.5, 0.6) is 5.75 Å². The van der Waals surface area contributed by atoms with E-state index in [2.05, 4.69) is 10.2 Å². The maximum atomic E-state index is 12.8. The molecule has 1 aromatic carbocycles. The van der Waals surface area contributed by atoms with E-state index in [0.29, 0.717) is 11.7 Å². The Morgan fingerprint density at radius 3 is 2.83 bits per heavy atom. The monoisotopic (exact) mass is 344 g/mol. The molecule has 2 aliphatic rings. The standard InChI is InChI=1S/C17H20N4O2S/c1-20-11-18-19-16(20)12-6-8-21(9-7-12)17(22)14-10-24-15-5-3-2-4-13(15)23-14/h2-5,11-12,14H,6-10H2,1H3. The van der Waals surface area contributed by atoms with Gasteiger partial charge >= 0.3 is 0 Å². The summed E-state index contributed by atoms with van der Waals surface area (Å²) >= 11 is 1.70. The number of aryl methyl sites for hydroxylation is 1. The number of fused-ring (bicyclic) bond motifs is 1. The van der Waals surface area contributed by atoms with Gasteiger partial charge in [0.2, 0.25) is 0 Å². The summed E-state index contributed by atoms with van der Waals surface area (Å²) < 4.78 is 7.90. The van der Waals surface area contributed by atoms with E-state index >= 15 is 0 Å². The Kier molecular flexibility index (Phi) is 4.18. The predicted molar refractivity (Wildman–Crippen MR) is 91.1 cm³/mol. The molecule has 0 N–H and O–H groups in total. The third-order valence-corrected chi connectivity index (χ3v) is 5.82. The van der Waals surface area contributed by atoms with E-state index in [4.69, 9.17) is 4.74 Å². The number of ether oxygens (including phenoxy) is 1. The first kappa shape index (κ1) is 15.5. The topological polar surface area (TPSA) is 60.2 Å². The first-order chi connectivity index (χ1) is 11.7. The van der Waals surface area contributed by atoms with Crippen LogP contribution in [0.25, 0.3) is 0 Å². The van der Waals surface area contributed by atoms with Gasteiger partial charge in [0.25, 0.3) is 5.91 Å². The second-order valence-electron chi connectivity index (χ2n) is 6.26. The number of hydrogen-bond acceptors (Lipinski definition) is 5. The van der Waals surface area contributed by atoms with Crippen LogP contribution in [0.1, 0.15) is 24.6 Å². The summed E-state index contributed by atoms with van der Waals surface area (Å²) in [6.07, 6.45) is 3.21. The Morgan fingerprint density at radius 2 is 2.08 bits per heavy atom. The van der Waals surface area contributed by atoms with Crippen LogP contribution in [0.2, 0.25) is 0 Å². The van der Waals surface area contributed by atoms with Crippen molar-refractivity contribution in [2.75, 3.05) is 18.8 Å². The molecule has 2 aliphatic heterocycles. The number of amides is 1. The van der Waals surface area contributed by atoms with Crippen LogP contribution in [0.3, 0.4) is 0 Å². The van der Waals surface area contributed by atoms with Gasteiger partial charge in [-0.3, -0.25) is 4.79 Å². The first-order valence-corrected chi connectivity index (χ1v) is 9.22. The molecule has 0 spiro atoms. The predicted octanol–water partition coefficient (Wildman–Crippen LogP) is 2.07. The molecule has 126 valence electrons. The van der Waals surface area contributed by atoms with Gasteiger partial charge < -0.3 is 14.2 Å². The lowest BCUT2D eigenvalue weighted by molar-refractivity contribution is -0.139.